The van der Waals surface area contributed by atoms with Crippen molar-refractivity contribution in [2.75, 3.05) is 0 Å². The lowest BCUT2D eigenvalue weighted by Gasteiger charge is -1.88. The van der Waals surface area contributed by atoms with Crippen LogP contribution in [0, 0.1) is 0 Å². The van der Waals surface area contributed by atoms with E-state index in [1.165, 1.54) is 5.57 Å². The van der Waals surface area contributed by atoms with E-state index in [9.17, 15) is 0 Å². The van der Waals surface area contributed by atoms with Gasteiger partial charge in [-0.15, -0.1) is 0 Å². The molecule has 0 saturated carbocycles. The molecule has 0 bridgehead atoms. The molecule has 0 heterocycles. The van der Waals surface area contributed by atoms with Gasteiger partial charge >= 0.3 is 0 Å². The van der Waals surface area contributed by atoms with Gasteiger partial charge in [0.1, 0.15) is 0 Å². The van der Waals surface area contributed by atoms with Gasteiger partial charge in [-0.3, -0.25) is 0 Å². The van der Waals surface area contributed by atoms with Gasteiger partial charge in [0, 0.05) is 0 Å². The molecule has 0 radical (unpaired) electrons. The molecule has 0 aliphatic rings. The van der Waals surface area contributed by atoms with Crippen LogP contribution < -0.4 is 0 Å². The maximum Gasteiger partial charge on any atom is -0.0173 e. The van der Waals surface area contributed by atoms with Crippen LogP contribution in [0.25, 0.3) is 0 Å². The van der Waals surface area contributed by atoms with E-state index >= 15 is 0 Å². The summed E-state index contributed by atoms with van der Waals surface area (Å²) in [5, 5.41) is 2.70. The first-order valence-electron chi connectivity index (χ1n) is 2.58. The van der Waals surface area contributed by atoms with Crippen LogP contribution in [0.2, 0.25) is 0 Å². The Balaban J connectivity index is 3.61. The molecule has 0 spiro atoms. The summed E-state index contributed by atoms with van der Waals surface area (Å²) in [6, 6.07) is 0. The largest absolute Gasteiger partial charge is 0.0610 e. The minimum absolute atomic E-state index is 1.06. The van der Waals surface area contributed by atoms with E-state index in [2.05, 4.69) is 31.1 Å². The van der Waals surface area contributed by atoms with Crippen LogP contribution in [0.4, 0.5) is 0 Å². The van der Waals surface area contributed by atoms with E-state index in [1.807, 2.05) is 0 Å². The lowest BCUT2D eigenvalue weighted by molar-refractivity contribution is 1.00. The fourth-order valence-electron chi connectivity index (χ4n) is 0.394. The number of rotatable bonds is 2. The van der Waals surface area contributed by atoms with E-state index in [-0.39, 0.29) is 0 Å². The quantitative estimate of drug-likeness (QED) is 0.496. The topological polar surface area (TPSA) is 0 Å². The first-order chi connectivity index (χ1) is 3.35. The Morgan fingerprint density at radius 1 is 1.43 bits per heavy atom. The Bertz CT molecular complexity index is 82.4. The van der Waals surface area contributed by atoms with Crippen molar-refractivity contribution in [3.63, 3.8) is 0 Å². The molecule has 0 aromatic carbocycles. The normalized spacial score (nSPS) is 7.71. The van der Waals surface area contributed by atoms with Crippen molar-refractivity contribution in [3.05, 3.63) is 5.57 Å². The third-order valence-electron chi connectivity index (χ3n) is 0.998. The maximum absolute atomic E-state index is 4.58. The van der Waals surface area contributed by atoms with Gasteiger partial charge < -0.3 is 0 Å². The molecule has 0 N–H and O–H groups in total. The molecule has 0 atom stereocenters. The minimum atomic E-state index is 1.06. The molecule has 0 unspecified atom stereocenters. The van der Waals surface area contributed by atoms with Gasteiger partial charge in [-0.05, 0) is 35.7 Å². The van der Waals surface area contributed by atoms with Gasteiger partial charge in [-0.25, -0.2) is 0 Å². The smallest absolute Gasteiger partial charge is 0.0173 e. The van der Waals surface area contributed by atoms with Crippen molar-refractivity contribution in [1.29, 1.82) is 0 Å². The summed E-state index contributed by atoms with van der Waals surface area (Å²) >= 11 is 4.58. The molecule has 40 valence electrons. The number of hydrogen-bond acceptors (Lipinski definition) is 1. The predicted molar refractivity (Wildman–Crippen MR) is 36.7 cm³/mol. The molecule has 0 aliphatic heterocycles. The summed E-state index contributed by atoms with van der Waals surface area (Å²) in [4.78, 5) is 0. The lowest BCUT2D eigenvalue weighted by Crippen LogP contribution is -1.73. The first kappa shape index (κ1) is 6.87. The second-order valence-electron chi connectivity index (χ2n) is 1.41. The summed E-state index contributed by atoms with van der Waals surface area (Å²) in [7, 11) is 0. The number of hydrogen-bond donors (Lipinski definition) is 0. The molecule has 0 fully saturated rings. The van der Waals surface area contributed by atoms with Crippen LogP contribution in [0.3, 0.4) is 0 Å². The van der Waals surface area contributed by atoms with Crippen molar-refractivity contribution in [3.8, 4) is 0 Å². The van der Waals surface area contributed by atoms with E-state index < -0.39 is 0 Å². The number of allylic oxidation sites excluding steroid dienone is 1. The highest BCUT2D eigenvalue weighted by molar-refractivity contribution is 7.78. The van der Waals surface area contributed by atoms with Crippen LogP contribution in [-0.4, -0.2) is 5.02 Å². The molecule has 0 saturated heterocycles. The Hall–Kier alpha value is -0.130. The van der Waals surface area contributed by atoms with Crippen LogP contribution in [0.5, 0.6) is 0 Å². The van der Waals surface area contributed by atoms with Crippen molar-refractivity contribution < 1.29 is 0 Å². The SMILES string of the molecule is CCC(=C=S)CC. The molecule has 0 amide bonds. The highest BCUT2D eigenvalue weighted by atomic mass is 32.1. The Kier molecular flexibility index (Phi) is 3.97. The molecular formula is C6H10S. The zero-order valence-electron chi connectivity index (χ0n) is 4.82. The zero-order valence-corrected chi connectivity index (χ0v) is 5.64. The van der Waals surface area contributed by atoms with Gasteiger partial charge in [-0.2, -0.15) is 0 Å². The molecule has 0 rings (SSSR count). The summed E-state index contributed by atoms with van der Waals surface area (Å²) in [6.45, 7) is 4.19. The van der Waals surface area contributed by atoms with Crippen molar-refractivity contribution in [1.82, 2.24) is 0 Å². The van der Waals surface area contributed by atoms with Crippen LogP contribution >= 0.6 is 12.2 Å². The lowest BCUT2D eigenvalue weighted by atomic mass is 10.2. The van der Waals surface area contributed by atoms with Crippen LogP contribution in [0.15, 0.2) is 5.57 Å². The zero-order chi connectivity index (χ0) is 5.70. The van der Waals surface area contributed by atoms with Crippen molar-refractivity contribution in [2.24, 2.45) is 0 Å². The second-order valence-corrected chi connectivity index (χ2v) is 1.62. The third kappa shape index (κ3) is 2.55. The average molecular weight is 114 g/mol. The van der Waals surface area contributed by atoms with E-state index in [0.29, 0.717) is 0 Å². The highest BCUT2D eigenvalue weighted by Crippen LogP contribution is 1.98. The van der Waals surface area contributed by atoms with Crippen molar-refractivity contribution >= 4 is 17.2 Å². The average Bonchev–Trinajstić information content (AvgIpc) is 1.72. The molecule has 0 aliphatic carbocycles. The van der Waals surface area contributed by atoms with Gasteiger partial charge in [0.15, 0.2) is 0 Å². The summed E-state index contributed by atoms with van der Waals surface area (Å²) < 4.78 is 0. The monoisotopic (exact) mass is 114 g/mol. The molecular weight excluding hydrogens is 104 g/mol. The molecule has 1 heteroatoms. The third-order valence-corrected chi connectivity index (χ3v) is 1.29. The second kappa shape index (κ2) is 4.04. The molecule has 7 heavy (non-hydrogen) atoms. The fraction of sp³-hybridized carbons (Fsp3) is 0.667. The first-order valence-corrected chi connectivity index (χ1v) is 2.98. The Labute approximate surface area is 50.2 Å². The molecule has 0 nitrogen and oxygen atoms in total. The van der Waals surface area contributed by atoms with Gasteiger partial charge in [0.05, 0.1) is 0 Å². The number of thiocarbonyl (C=S) groups is 1. The van der Waals surface area contributed by atoms with E-state index in [1.54, 1.807) is 0 Å². The molecule has 0 aromatic heterocycles. The highest BCUT2D eigenvalue weighted by Gasteiger charge is 1.82. The predicted octanol–water partition coefficient (Wildman–Crippen LogP) is 2.33. The van der Waals surface area contributed by atoms with E-state index in [0.717, 1.165) is 12.8 Å². The van der Waals surface area contributed by atoms with Gasteiger partial charge in [-0.1, -0.05) is 13.8 Å². The Morgan fingerprint density at radius 2 is 1.86 bits per heavy atom. The van der Waals surface area contributed by atoms with Crippen LogP contribution in [-0.2, 0) is 0 Å². The summed E-state index contributed by atoms with van der Waals surface area (Å²) in [5.74, 6) is 0. The van der Waals surface area contributed by atoms with E-state index in [4.69, 9.17) is 0 Å². The summed E-state index contributed by atoms with van der Waals surface area (Å²) in [5.41, 5.74) is 1.25. The Morgan fingerprint density at radius 3 is 1.86 bits per heavy atom. The van der Waals surface area contributed by atoms with Crippen molar-refractivity contribution in [2.45, 2.75) is 26.7 Å². The maximum atomic E-state index is 4.58. The van der Waals surface area contributed by atoms with Gasteiger partial charge in [0.2, 0.25) is 0 Å². The van der Waals surface area contributed by atoms with Crippen LogP contribution in [0.1, 0.15) is 26.7 Å². The minimum Gasteiger partial charge on any atom is -0.0610 e. The summed E-state index contributed by atoms with van der Waals surface area (Å²) in [6.07, 6.45) is 2.11. The molecule has 0 aromatic rings. The van der Waals surface area contributed by atoms with Gasteiger partial charge in [0.25, 0.3) is 0 Å². The standard InChI is InChI=1S/C6H10S/c1-3-6(4-2)5-7/h3-4H2,1-2H3. The fourth-order valence-corrected chi connectivity index (χ4v) is 0.683.